The fourth-order valence-electron chi connectivity index (χ4n) is 2.71. The molecule has 1 aromatic rings. The summed E-state index contributed by atoms with van der Waals surface area (Å²) in [5.41, 5.74) is 1.46. The van der Waals surface area contributed by atoms with E-state index in [0.717, 1.165) is 31.4 Å². The molecule has 7 heteroatoms. The van der Waals surface area contributed by atoms with Crippen LogP contribution in [0.2, 0.25) is 0 Å². The van der Waals surface area contributed by atoms with E-state index in [1.54, 1.807) is 12.1 Å². The number of hydrogen-bond acceptors (Lipinski definition) is 5. The molecular formula is C16H24N4O3. The zero-order chi connectivity index (χ0) is 16.7. The van der Waals surface area contributed by atoms with Crippen molar-refractivity contribution in [2.45, 2.75) is 38.6 Å². The zero-order valence-electron chi connectivity index (χ0n) is 13.4. The van der Waals surface area contributed by atoms with Gasteiger partial charge < -0.3 is 16.0 Å². The quantitative estimate of drug-likeness (QED) is 0.386. The summed E-state index contributed by atoms with van der Waals surface area (Å²) in [6.45, 7) is 3.97. The summed E-state index contributed by atoms with van der Waals surface area (Å²) < 4.78 is 0. The summed E-state index contributed by atoms with van der Waals surface area (Å²) in [5, 5.41) is 20.3. The van der Waals surface area contributed by atoms with Gasteiger partial charge in [-0.3, -0.25) is 14.9 Å². The van der Waals surface area contributed by atoms with Crippen molar-refractivity contribution in [3.63, 3.8) is 0 Å². The van der Waals surface area contributed by atoms with Crippen LogP contribution in [0, 0.1) is 17.0 Å². The van der Waals surface area contributed by atoms with Gasteiger partial charge in [0.2, 0.25) is 5.91 Å². The van der Waals surface area contributed by atoms with E-state index >= 15 is 0 Å². The molecule has 1 atom stereocenters. The van der Waals surface area contributed by atoms with Crippen LogP contribution in [-0.4, -0.2) is 36.5 Å². The van der Waals surface area contributed by atoms with Gasteiger partial charge in [-0.25, -0.2) is 0 Å². The minimum absolute atomic E-state index is 0.0608. The lowest BCUT2D eigenvalue weighted by Crippen LogP contribution is -2.32. The maximum atomic E-state index is 11.8. The van der Waals surface area contributed by atoms with Crippen molar-refractivity contribution in [1.82, 2.24) is 10.6 Å². The summed E-state index contributed by atoms with van der Waals surface area (Å²) in [5.74, 6) is 0.0608. The summed E-state index contributed by atoms with van der Waals surface area (Å²) in [6, 6.07) is 5.42. The number of anilines is 1. The highest BCUT2D eigenvalue weighted by molar-refractivity contribution is 5.76. The fraction of sp³-hybridized carbons (Fsp3) is 0.562. The van der Waals surface area contributed by atoms with Crippen LogP contribution in [0.5, 0.6) is 0 Å². The number of benzene rings is 1. The van der Waals surface area contributed by atoms with E-state index in [2.05, 4.69) is 16.0 Å². The standard InChI is InChI=1S/C16H24N4O3/c1-12-5-6-14(15(10-12)20(22)23)18-8-3-9-19-16(21)11-13-4-2-7-17-13/h5-6,10,13,17-18H,2-4,7-9,11H2,1H3,(H,19,21). The van der Waals surface area contributed by atoms with Crippen molar-refractivity contribution in [3.05, 3.63) is 33.9 Å². The normalized spacial score (nSPS) is 17.0. The van der Waals surface area contributed by atoms with Crippen LogP contribution < -0.4 is 16.0 Å². The first-order chi connectivity index (χ1) is 11.1. The van der Waals surface area contributed by atoms with Gasteiger partial charge in [-0.05, 0) is 44.4 Å². The molecule has 1 saturated heterocycles. The Hall–Kier alpha value is -2.15. The molecule has 0 aliphatic carbocycles. The largest absolute Gasteiger partial charge is 0.379 e. The van der Waals surface area contributed by atoms with Crippen molar-refractivity contribution in [3.8, 4) is 0 Å². The molecule has 3 N–H and O–H groups in total. The number of hydrogen-bond donors (Lipinski definition) is 3. The van der Waals surface area contributed by atoms with Crippen LogP contribution in [0.3, 0.4) is 0 Å². The van der Waals surface area contributed by atoms with Gasteiger partial charge in [-0.2, -0.15) is 0 Å². The molecule has 1 amide bonds. The lowest BCUT2D eigenvalue weighted by atomic mass is 10.1. The van der Waals surface area contributed by atoms with Crippen molar-refractivity contribution < 1.29 is 9.72 Å². The molecule has 23 heavy (non-hydrogen) atoms. The molecule has 1 heterocycles. The minimum atomic E-state index is -0.383. The Kier molecular flexibility index (Phi) is 6.34. The molecular weight excluding hydrogens is 296 g/mol. The first kappa shape index (κ1) is 17.2. The highest BCUT2D eigenvalue weighted by atomic mass is 16.6. The smallest absolute Gasteiger partial charge is 0.292 e. The van der Waals surface area contributed by atoms with Crippen LogP contribution in [0.15, 0.2) is 18.2 Å². The molecule has 2 rings (SSSR count). The summed E-state index contributed by atoms with van der Waals surface area (Å²) in [4.78, 5) is 22.4. The third-order valence-corrected chi connectivity index (χ3v) is 3.94. The second-order valence-corrected chi connectivity index (χ2v) is 5.91. The predicted molar refractivity (Wildman–Crippen MR) is 89.6 cm³/mol. The van der Waals surface area contributed by atoms with E-state index < -0.39 is 0 Å². The van der Waals surface area contributed by atoms with Crippen LogP contribution >= 0.6 is 0 Å². The van der Waals surface area contributed by atoms with Gasteiger partial charge in [0.05, 0.1) is 4.92 Å². The Morgan fingerprint density at radius 2 is 2.26 bits per heavy atom. The summed E-state index contributed by atoms with van der Waals surface area (Å²) in [7, 11) is 0. The second kappa shape index (κ2) is 8.47. The highest BCUT2D eigenvalue weighted by Crippen LogP contribution is 2.25. The maximum Gasteiger partial charge on any atom is 0.292 e. The number of nitro groups is 1. The summed E-state index contributed by atoms with van der Waals surface area (Å²) >= 11 is 0. The van der Waals surface area contributed by atoms with E-state index in [-0.39, 0.29) is 16.5 Å². The van der Waals surface area contributed by atoms with Gasteiger partial charge in [-0.1, -0.05) is 6.07 Å². The first-order valence-corrected chi connectivity index (χ1v) is 8.05. The Morgan fingerprint density at radius 1 is 1.43 bits per heavy atom. The molecule has 1 unspecified atom stereocenters. The van der Waals surface area contributed by atoms with Crippen molar-refractivity contribution in [1.29, 1.82) is 0 Å². The third kappa shape index (κ3) is 5.52. The number of nitrogens with one attached hydrogen (secondary N) is 3. The zero-order valence-corrected chi connectivity index (χ0v) is 13.4. The molecule has 1 fully saturated rings. The molecule has 1 aliphatic heterocycles. The topological polar surface area (TPSA) is 96.3 Å². The Balaban J connectivity index is 1.67. The van der Waals surface area contributed by atoms with Gasteiger partial charge in [0.25, 0.3) is 5.69 Å². The highest BCUT2D eigenvalue weighted by Gasteiger charge is 2.17. The number of rotatable bonds is 8. The molecule has 0 aromatic heterocycles. The number of carbonyl (C=O) groups excluding carboxylic acids is 1. The molecule has 1 aliphatic rings. The molecule has 1 aromatic carbocycles. The lowest BCUT2D eigenvalue weighted by molar-refractivity contribution is -0.384. The van der Waals surface area contributed by atoms with Gasteiger partial charge in [-0.15, -0.1) is 0 Å². The number of aryl methyl sites for hydroxylation is 1. The molecule has 126 valence electrons. The van der Waals surface area contributed by atoms with E-state index in [1.807, 2.05) is 13.0 Å². The van der Waals surface area contributed by atoms with Crippen molar-refractivity contribution >= 4 is 17.3 Å². The number of amides is 1. The van der Waals surface area contributed by atoms with Crippen molar-refractivity contribution in [2.75, 3.05) is 25.0 Å². The van der Waals surface area contributed by atoms with E-state index in [0.29, 0.717) is 31.2 Å². The van der Waals surface area contributed by atoms with Gasteiger partial charge in [0.15, 0.2) is 0 Å². The van der Waals surface area contributed by atoms with Crippen LogP contribution in [0.1, 0.15) is 31.2 Å². The lowest BCUT2D eigenvalue weighted by Gasteiger charge is -2.11. The van der Waals surface area contributed by atoms with Gasteiger partial charge >= 0.3 is 0 Å². The van der Waals surface area contributed by atoms with Crippen LogP contribution in [-0.2, 0) is 4.79 Å². The minimum Gasteiger partial charge on any atom is -0.379 e. The summed E-state index contributed by atoms with van der Waals surface area (Å²) in [6.07, 6.45) is 3.44. The Morgan fingerprint density at radius 3 is 2.96 bits per heavy atom. The maximum absolute atomic E-state index is 11.8. The SMILES string of the molecule is Cc1ccc(NCCCNC(=O)CC2CCCN2)c([N+](=O)[O-])c1. The molecule has 0 saturated carbocycles. The van der Waals surface area contributed by atoms with Crippen molar-refractivity contribution in [2.24, 2.45) is 0 Å². The first-order valence-electron chi connectivity index (χ1n) is 8.05. The van der Waals surface area contributed by atoms with E-state index in [4.69, 9.17) is 0 Å². The van der Waals surface area contributed by atoms with E-state index in [9.17, 15) is 14.9 Å². The predicted octanol–water partition coefficient (Wildman–Crippen LogP) is 1.96. The molecule has 0 radical (unpaired) electrons. The molecule has 0 bridgehead atoms. The monoisotopic (exact) mass is 320 g/mol. The molecule has 7 nitrogen and oxygen atoms in total. The van der Waals surface area contributed by atoms with Gasteiger partial charge in [0.1, 0.15) is 5.69 Å². The third-order valence-electron chi connectivity index (χ3n) is 3.94. The van der Waals surface area contributed by atoms with Gasteiger partial charge in [0, 0.05) is 31.6 Å². The Bertz CT molecular complexity index is 556. The van der Waals surface area contributed by atoms with Crippen LogP contribution in [0.4, 0.5) is 11.4 Å². The average Bonchev–Trinajstić information content (AvgIpc) is 3.00. The fourth-order valence-corrected chi connectivity index (χ4v) is 2.71. The Labute approximate surface area is 136 Å². The number of nitrogens with zero attached hydrogens (tertiary/aromatic N) is 1. The van der Waals surface area contributed by atoms with E-state index in [1.165, 1.54) is 0 Å². The second-order valence-electron chi connectivity index (χ2n) is 5.91. The number of nitro benzene ring substituents is 1. The number of carbonyl (C=O) groups is 1. The average molecular weight is 320 g/mol. The van der Waals surface area contributed by atoms with Crippen LogP contribution in [0.25, 0.3) is 0 Å². The molecule has 0 spiro atoms.